The van der Waals surface area contributed by atoms with Crippen LogP contribution < -0.4 is 5.32 Å². The van der Waals surface area contributed by atoms with Crippen molar-refractivity contribution in [1.29, 1.82) is 0 Å². The number of fused-ring (bicyclic) bond motifs is 1. The number of hydrogen-bond donors (Lipinski definition) is 1. The van der Waals surface area contributed by atoms with E-state index in [0.29, 0.717) is 0 Å². The Bertz CT molecular complexity index is 553. The summed E-state index contributed by atoms with van der Waals surface area (Å²) in [4.78, 5) is 0. The minimum atomic E-state index is 0.147. The van der Waals surface area contributed by atoms with E-state index < -0.39 is 0 Å². The van der Waals surface area contributed by atoms with Gasteiger partial charge in [-0.2, -0.15) is 0 Å². The highest BCUT2D eigenvalue weighted by Gasteiger charge is 2.19. The molecule has 1 aliphatic heterocycles. The van der Waals surface area contributed by atoms with Crippen LogP contribution in [0.25, 0.3) is 0 Å². The molecule has 0 aromatic heterocycles. The van der Waals surface area contributed by atoms with Crippen molar-refractivity contribution in [2.75, 3.05) is 18.5 Å². The fourth-order valence-corrected chi connectivity index (χ4v) is 2.69. The third-order valence-corrected chi connectivity index (χ3v) is 3.96. The number of benzene rings is 2. The summed E-state index contributed by atoms with van der Waals surface area (Å²) < 4.78 is 6.97. The van der Waals surface area contributed by atoms with Crippen molar-refractivity contribution >= 4 is 21.6 Å². The lowest BCUT2D eigenvalue weighted by atomic mass is 9.97. The van der Waals surface area contributed by atoms with Crippen molar-refractivity contribution in [3.63, 3.8) is 0 Å². The van der Waals surface area contributed by atoms with Gasteiger partial charge in [0.05, 0.1) is 12.7 Å². The Morgan fingerprint density at radius 1 is 1.11 bits per heavy atom. The highest BCUT2D eigenvalue weighted by Crippen LogP contribution is 2.27. The largest absolute Gasteiger partial charge is 0.382 e. The molecule has 2 aromatic rings. The van der Waals surface area contributed by atoms with Crippen LogP contribution in [0.3, 0.4) is 0 Å². The van der Waals surface area contributed by atoms with Crippen molar-refractivity contribution in [3.8, 4) is 0 Å². The number of ether oxygens (including phenoxy) is 1. The molecule has 0 saturated carbocycles. The molecule has 2 aromatic carbocycles. The topological polar surface area (TPSA) is 21.3 Å². The number of anilines is 1. The van der Waals surface area contributed by atoms with Crippen LogP contribution in [0.2, 0.25) is 0 Å². The molecule has 1 N–H and O–H groups in total. The Balaban J connectivity index is 1.69. The van der Waals surface area contributed by atoms with Crippen molar-refractivity contribution < 1.29 is 4.74 Å². The molecule has 1 heterocycles. The Morgan fingerprint density at radius 3 is 2.74 bits per heavy atom. The summed E-state index contributed by atoms with van der Waals surface area (Å²) >= 11 is 3.44. The maximum Gasteiger partial charge on any atom is 0.0999 e. The molecule has 0 aliphatic carbocycles. The lowest BCUT2D eigenvalue weighted by Crippen LogP contribution is -2.22. The molecule has 2 nitrogen and oxygen atoms in total. The Kier molecular flexibility index (Phi) is 3.85. The Hall–Kier alpha value is -1.32. The van der Waals surface area contributed by atoms with Gasteiger partial charge >= 0.3 is 0 Å². The predicted molar refractivity (Wildman–Crippen MR) is 81.5 cm³/mol. The van der Waals surface area contributed by atoms with Gasteiger partial charge in [-0.15, -0.1) is 0 Å². The van der Waals surface area contributed by atoms with Crippen molar-refractivity contribution in [2.24, 2.45) is 0 Å². The maximum absolute atomic E-state index is 5.88. The maximum atomic E-state index is 5.88. The van der Waals surface area contributed by atoms with Gasteiger partial charge in [-0.05, 0) is 41.8 Å². The second-order valence-electron chi connectivity index (χ2n) is 4.70. The highest BCUT2D eigenvalue weighted by atomic mass is 79.9. The Labute approximate surface area is 121 Å². The lowest BCUT2D eigenvalue weighted by Gasteiger charge is -2.26. The third-order valence-electron chi connectivity index (χ3n) is 3.43. The van der Waals surface area contributed by atoms with Gasteiger partial charge in [0.2, 0.25) is 0 Å². The second-order valence-corrected chi connectivity index (χ2v) is 5.61. The molecule has 0 saturated heterocycles. The first-order valence-corrected chi connectivity index (χ1v) is 7.31. The molecule has 98 valence electrons. The van der Waals surface area contributed by atoms with E-state index in [1.54, 1.807) is 0 Å². The van der Waals surface area contributed by atoms with Crippen LogP contribution >= 0.6 is 15.9 Å². The van der Waals surface area contributed by atoms with Gasteiger partial charge < -0.3 is 10.1 Å². The molecule has 0 radical (unpaired) electrons. The number of halogens is 1. The average molecular weight is 318 g/mol. The third kappa shape index (κ3) is 2.99. The summed E-state index contributed by atoms with van der Waals surface area (Å²) in [6.45, 7) is 1.61. The van der Waals surface area contributed by atoms with Gasteiger partial charge in [0, 0.05) is 16.7 Å². The van der Waals surface area contributed by atoms with Crippen LogP contribution in [0, 0.1) is 0 Å². The quantitative estimate of drug-likeness (QED) is 0.917. The van der Waals surface area contributed by atoms with Crippen LogP contribution in [-0.4, -0.2) is 13.2 Å². The molecular weight excluding hydrogens is 302 g/mol. The molecule has 0 bridgehead atoms. The van der Waals surface area contributed by atoms with Gasteiger partial charge in [0.15, 0.2) is 0 Å². The van der Waals surface area contributed by atoms with E-state index >= 15 is 0 Å². The molecule has 1 aliphatic rings. The highest BCUT2D eigenvalue weighted by molar-refractivity contribution is 9.10. The number of hydrogen-bond acceptors (Lipinski definition) is 2. The molecule has 1 unspecified atom stereocenters. The fourth-order valence-electron chi connectivity index (χ4n) is 2.42. The van der Waals surface area contributed by atoms with E-state index in [9.17, 15) is 0 Å². The monoisotopic (exact) mass is 317 g/mol. The van der Waals surface area contributed by atoms with Gasteiger partial charge in [0.25, 0.3) is 0 Å². The fraction of sp³-hybridized carbons (Fsp3) is 0.250. The molecule has 1 atom stereocenters. The minimum absolute atomic E-state index is 0.147. The van der Waals surface area contributed by atoms with E-state index in [4.69, 9.17) is 4.74 Å². The molecule has 0 fully saturated rings. The smallest absolute Gasteiger partial charge is 0.0999 e. The van der Waals surface area contributed by atoms with E-state index in [2.05, 4.69) is 57.6 Å². The van der Waals surface area contributed by atoms with Crippen molar-refractivity contribution in [1.82, 2.24) is 0 Å². The first-order chi connectivity index (χ1) is 9.33. The van der Waals surface area contributed by atoms with Crippen LogP contribution in [0.4, 0.5) is 5.69 Å². The summed E-state index contributed by atoms with van der Waals surface area (Å²) in [5, 5.41) is 3.44. The van der Waals surface area contributed by atoms with E-state index in [-0.39, 0.29) is 6.10 Å². The van der Waals surface area contributed by atoms with Crippen molar-refractivity contribution in [3.05, 3.63) is 64.1 Å². The predicted octanol–water partition coefficient (Wildman–Crippen LogP) is 4.18. The zero-order chi connectivity index (χ0) is 13.1. The first-order valence-electron chi connectivity index (χ1n) is 6.52. The molecule has 19 heavy (non-hydrogen) atoms. The summed E-state index contributed by atoms with van der Waals surface area (Å²) in [5.74, 6) is 0. The molecule has 0 spiro atoms. The zero-order valence-electron chi connectivity index (χ0n) is 10.6. The summed E-state index contributed by atoms with van der Waals surface area (Å²) in [7, 11) is 0. The average Bonchev–Trinajstić information content (AvgIpc) is 2.47. The standard InChI is InChI=1S/C16H16BrNO/c17-13-5-7-14(8-6-13)18-11-16-15-4-2-1-3-12(15)9-10-19-16/h1-8,16,18H,9-11H2. The molecule has 0 amide bonds. The van der Waals surface area contributed by atoms with E-state index in [1.165, 1.54) is 11.1 Å². The minimum Gasteiger partial charge on any atom is -0.382 e. The van der Waals surface area contributed by atoms with Gasteiger partial charge in [-0.25, -0.2) is 0 Å². The zero-order valence-corrected chi connectivity index (χ0v) is 12.2. The normalized spacial score (nSPS) is 17.8. The van der Waals surface area contributed by atoms with Gasteiger partial charge in [-0.3, -0.25) is 0 Å². The first kappa shape index (κ1) is 12.7. The van der Waals surface area contributed by atoms with Crippen LogP contribution in [0.1, 0.15) is 17.2 Å². The summed E-state index contributed by atoms with van der Waals surface area (Å²) in [5.41, 5.74) is 3.85. The SMILES string of the molecule is Brc1ccc(NCC2OCCc3ccccc32)cc1. The second kappa shape index (κ2) is 5.76. The van der Waals surface area contributed by atoms with Crippen LogP contribution in [0.15, 0.2) is 53.0 Å². The van der Waals surface area contributed by atoms with E-state index in [0.717, 1.165) is 29.7 Å². The molecule has 3 heteroatoms. The molecule has 3 rings (SSSR count). The molecular formula is C16H16BrNO. The summed E-state index contributed by atoms with van der Waals surface area (Å²) in [6, 6.07) is 16.8. The van der Waals surface area contributed by atoms with Crippen LogP contribution in [0.5, 0.6) is 0 Å². The van der Waals surface area contributed by atoms with Gasteiger partial charge in [-0.1, -0.05) is 40.2 Å². The number of nitrogens with one attached hydrogen (secondary N) is 1. The van der Waals surface area contributed by atoms with Crippen LogP contribution in [-0.2, 0) is 11.2 Å². The Morgan fingerprint density at radius 2 is 1.89 bits per heavy atom. The van der Waals surface area contributed by atoms with E-state index in [1.807, 2.05) is 12.1 Å². The number of rotatable bonds is 3. The van der Waals surface area contributed by atoms with Crippen molar-refractivity contribution in [2.45, 2.75) is 12.5 Å². The van der Waals surface area contributed by atoms with Gasteiger partial charge in [0.1, 0.15) is 0 Å². The summed E-state index contributed by atoms with van der Waals surface area (Å²) in [6.07, 6.45) is 1.17. The lowest BCUT2D eigenvalue weighted by molar-refractivity contribution is 0.0513.